The quantitative estimate of drug-likeness (QED) is 0.318. The molecular weight excluding hydrogens is 497 g/mol. The third kappa shape index (κ3) is 7.10. The maximum absolute atomic E-state index is 6.36. The molecule has 30 heavy (non-hydrogen) atoms. The van der Waals surface area contributed by atoms with E-state index in [-0.39, 0.29) is 35.9 Å². The summed E-state index contributed by atoms with van der Waals surface area (Å²) in [6.07, 6.45) is 10.7. The molecule has 0 bridgehead atoms. The lowest BCUT2D eigenvalue weighted by Gasteiger charge is -2.26. The van der Waals surface area contributed by atoms with Crippen molar-refractivity contribution in [1.82, 2.24) is 10.6 Å². The van der Waals surface area contributed by atoms with Crippen molar-refractivity contribution in [1.29, 1.82) is 0 Å². The zero-order valence-corrected chi connectivity index (χ0v) is 20.1. The SMILES string of the molecule is I.c1coc(CCNC(=NCC2CCOC2)NCC2COC3(CCCCCC3)O2)c1. The fraction of sp³-hybridized carbons (Fsp3) is 0.773. The highest BCUT2D eigenvalue weighted by Crippen LogP contribution is 2.36. The van der Waals surface area contributed by atoms with E-state index in [4.69, 9.17) is 23.6 Å². The summed E-state index contributed by atoms with van der Waals surface area (Å²) in [7, 11) is 0. The normalized spacial score (nSPS) is 26.3. The van der Waals surface area contributed by atoms with Crippen molar-refractivity contribution in [3.8, 4) is 0 Å². The second-order valence-corrected chi connectivity index (χ2v) is 8.43. The molecule has 1 saturated carbocycles. The van der Waals surface area contributed by atoms with Crippen LogP contribution in [0.3, 0.4) is 0 Å². The second-order valence-electron chi connectivity index (χ2n) is 8.43. The smallest absolute Gasteiger partial charge is 0.191 e. The molecule has 0 radical (unpaired) electrons. The molecule has 2 N–H and O–H groups in total. The molecule has 1 aliphatic carbocycles. The molecule has 1 spiro atoms. The highest BCUT2D eigenvalue weighted by molar-refractivity contribution is 14.0. The van der Waals surface area contributed by atoms with Crippen LogP contribution < -0.4 is 10.6 Å². The van der Waals surface area contributed by atoms with Gasteiger partial charge in [0.1, 0.15) is 11.9 Å². The Morgan fingerprint density at radius 3 is 2.73 bits per heavy atom. The predicted molar refractivity (Wildman–Crippen MR) is 126 cm³/mol. The van der Waals surface area contributed by atoms with Crippen molar-refractivity contribution in [2.45, 2.75) is 63.3 Å². The third-order valence-corrected chi connectivity index (χ3v) is 6.05. The first-order chi connectivity index (χ1) is 14.3. The monoisotopic (exact) mass is 533 g/mol. The number of ether oxygens (including phenoxy) is 3. The van der Waals surface area contributed by atoms with Crippen molar-refractivity contribution in [2.24, 2.45) is 10.9 Å². The van der Waals surface area contributed by atoms with E-state index in [1.807, 2.05) is 12.1 Å². The number of nitrogens with one attached hydrogen (secondary N) is 2. The molecule has 3 aliphatic rings. The van der Waals surface area contributed by atoms with Crippen molar-refractivity contribution >= 4 is 29.9 Å². The van der Waals surface area contributed by atoms with Gasteiger partial charge in [-0.25, -0.2) is 0 Å². The van der Waals surface area contributed by atoms with Gasteiger partial charge in [0.05, 0.1) is 19.5 Å². The van der Waals surface area contributed by atoms with Crippen LogP contribution in [0.25, 0.3) is 0 Å². The van der Waals surface area contributed by atoms with Gasteiger partial charge in [-0.2, -0.15) is 0 Å². The van der Waals surface area contributed by atoms with Crippen molar-refractivity contribution in [3.05, 3.63) is 24.2 Å². The molecule has 2 atom stereocenters. The van der Waals surface area contributed by atoms with E-state index in [1.54, 1.807) is 6.26 Å². The molecule has 7 nitrogen and oxygen atoms in total. The number of hydrogen-bond donors (Lipinski definition) is 2. The van der Waals surface area contributed by atoms with E-state index in [2.05, 4.69) is 10.6 Å². The Balaban J connectivity index is 0.00000256. The minimum atomic E-state index is -0.339. The first-order valence-electron chi connectivity index (χ1n) is 11.3. The fourth-order valence-corrected chi connectivity index (χ4v) is 4.34. The maximum Gasteiger partial charge on any atom is 0.191 e. The summed E-state index contributed by atoms with van der Waals surface area (Å²) in [4.78, 5) is 4.79. The van der Waals surface area contributed by atoms with Gasteiger partial charge in [-0.05, 0) is 31.4 Å². The summed E-state index contributed by atoms with van der Waals surface area (Å²) >= 11 is 0. The lowest BCUT2D eigenvalue weighted by atomic mass is 10.1. The van der Waals surface area contributed by atoms with Gasteiger partial charge >= 0.3 is 0 Å². The van der Waals surface area contributed by atoms with E-state index in [9.17, 15) is 0 Å². The summed E-state index contributed by atoms with van der Waals surface area (Å²) < 4.78 is 23.4. The largest absolute Gasteiger partial charge is 0.469 e. The Morgan fingerprint density at radius 1 is 1.13 bits per heavy atom. The van der Waals surface area contributed by atoms with Crippen molar-refractivity contribution in [2.75, 3.05) is 39.5 Å². The summed E-state index contributed by atoms with van der Waals surface area (Å²) in [5.41, 5.74) is 0. The molecule has 4 rings (SSSR count). The number of rotatable bonds is 7. The lowest BCUT2D eigenvalue weighted by molar-refractivity contribution is -0.175. The molecule has 2 aliphatic heterocycles. The minimum absolute atomic E-state index is 0. The van der Waals surface area contributed by atoms with Crippen LogP contribution in [-0.2, 0) is 20.6 Å². The standard InChI is InChI=1S/C22H35N3O4.HI/c1-2-4-10-22(9-3-1)28-17-20(29-22)15-25-21(24-14-18-8-13-26-16-18)23-11-7-19-6-5-12-27-19;/h5-6,12,18,20H,1-4,7-11,13-17H2,(H2,23,24,25);1H. The third-order valence-electron chi connectivity index (χ3n) is 6.05. The molecule has 170 valence electrons. The Labute approximate surface area is 196 Å². The number of nitrogens with zero attached hydrogens (tertiary/aromatic N) is 1. The number of halogens is 1. The Hall–Kier alpha value is -0.840. The average Bonchev–Trinajstić information content (AvgIpc) is 3.46. The van der Waals surface area contributed by atoms with Crippen LogP contribution in [-0.4, -0.2) is 57.3 Å². The number of aliphatic imine (C=N–C) groups is 1. The van der Waals surface area contributed by atoms with Gasteiger partial charge in [0.2, 0.25) is 0 Å². The number of hydrogen-bond acceptors (Lipinski definition) is 5. The van der Waals surface area contributed by atoms with Crippen molar-refractivity contribution in [3.63, 3.8) is 0 Å². The maximum atomic E-state index is 6.36. The van der Waals surface area contributed by atoms with E-state index in [1.165, 1.54) is 25.7 Å². The summed E-state index contributed by atoms with van der Waals surface area (Å²) in [5, 5.41) is 6.89. The zero-order chi connectivity index (χ0) is 19.8. The van der Waals surface area contributed by atoms with Crippen LogP contribution in [0.1, 0.15) is 50.7 Å². The van der Waals surface area contributed by atoms with Gasteiger partial charge in [0, 0.05) is 51.4 Å². The van der Waals surface area contributed by atoms with Crippen LogP contribution in [0.2, 0.25) is 0 Å². The van der Waals surface area contributed by atoms with E-state index in [0.717, 1.165) is 63.7 Å². The summed E-state index contributed by atoms with van der Waals surface area (Å²) in [5.74, 6) is 1.98. The van der Waals surface area contributed by atoms with Crippen LogP contribution in [0, 0.1) is 5.92 Å². The van der Waals surface area contributed by atoms with Crippen molar-refractivity contribution < 1.29 is 18.6 Å². The first-order valence-corrected chi connectivity index (χ1v) is 11.3. The molecule has 0 aromatic carbocycles. The molecule has 3 heterocycles. The van der Waals surface area contributed by atoms with Gasteiger partial charge in [0.25, 0.3) is 0 Å². The van der Waals surface area contributed by atoms with Gasteiger partial charge < -0.3 is 29.3 Å². The second kappa shape index (κ2) is 12.3. The zero-order valence-electron chi connectivity index (χ0n) is 17.8. The lowest BCUT2D eigenvalue weighted by Crippen LogP contribution is -2.43. The topological polar surface area (TPSA) is 77.3 Å². The molecule has 2 saturated heterocycles. The van der Waals surface area contributed by atoms with Gasteiger partial charge in [0.15, 0.2) is 11.7 Å². The highest BCUT2D eigenvalue weighted by atomic mass is 127. The van der Waals surface area contributed by atoms with Gasteiger partial charge in [-0.1, -0.05) is 12.8 Å². The van der Waals surface area contributed by atoms with Crippen LogP contribution in [0.15, 0.2) is 27.8 Å². The Morgan fingerprint density at radius 2 is 2.00 bits per heavy atom. The Kier molecular flexibility index (Phi) is 9.73. The Bertz CT molecular complexity index is 626. The molecule has 2 unspecified atom stereocenters. The van der Waals surface area contributed by atoms with Gasteiger partial charge in [-0.15, -0.1) is 24.0 Å². The molecule has 0 amide bonds. The first kappa shape index (κ1) is 23.8. The molecule has 1 aromatic heterocycles. The molecular formula is C22H36IN3O4. The highest BCUT2D eigenvalue weighted by Gasteiger charge is 2.41. The van der Waals surface area contributed by atoms with Gasteiger partial charge in [-0.3, -0.25) is 4.99 Å². The van der Waals surface area contributed by atoms with Crippen LogP contribution in [0.4, 0.5) is 0 Å². The van der Waals surface area contributed by atoms with E-state index < -0.39 is 0 Å². The predicted octanol–water partition coefficient (Wildman–Crippen LogP) is 3.48. The van der Waals surface area contributed by atoms with Crippen LogP contribution >= 0.6 is 24.0 Å². The molecule has 8 heteroatoms. The summed E-state index contributed by atoms with van der Waals surface area (Å²) in [6.45, 7) is 4.57. The summed E-state index contributed by atoms with van der Waals surface area (Å²) in [6, 6.07) is 3.92. The average molecular weight is 533 g/mol. The molecule has 3 fully saturated rings. The number of furan rings is 1. The molecule has 1 aromatic rings. The van der Waals surface area contributed by atoms with E-state index >= 15 is 0 Å². The fourth-order valence-electron chi connectivity index (χ4n) is 4.34. The number of guanidine groups is 1. The van der Waals surface area contributed by atoms with E-state index in [0.29, 0.717) is 19.1 Å². The van der Waals surface area contributed by atoms with Crippen LogP contribution in [0.5, 0.6) is 0 Å². The minimum Gasteiger partial charge on any atom is -0.469 e.